The number of hydrogen-bond acceptors (Lipinski definition) is 4. The maximum absolute atomic E-state index is 4.42. The summed E-state index contributed by atoms with van der Waals surface area (Å²) >= 11 is 0. The van der Waals surface area contributed by atoms with Gasteiger partial charge in [0.2, 0.25) is 0 Å². The monoisotopic (exact) mass is 220 g/mol. The lowest BCUT2D eigenvalue weighted by atomic mass is 10.3. The van der Waals surface area contributed by atoms with Gasteiger partial charge in [0, 0.05) is 18.8 Å². The Labute approximate surface area is 96.9 Å². The van der Waals surface area contributed by atoms with Crippen molar-refractivity contribution in [2.24, 2.45) is 0 Å². The zero-order chi connectivity index (χ0) is 11.4. The fourth-order valence-electron chi connectivity index (χ4n) is 1.59. The molecule has 0 bridgehead atoms. The predicted octanol–water partition coefficient (Wildman–Crippen LogP) is 1.65. The molecule has 1 aromatic heterocycles. The molecular formula is C12H20N4. The lowest BCUT2D eigenvalue weighted by molar-refractivity contribution is 0.658. The van der Waals surface area contributed by atoms with E-state index in [1.54, 1.807) is 6.20 Å². The number of rotatable bonds is 6. The summed E-state index contributed by atoms with van der Waals surface area (Å²) in [7, 11) is 0. The third-order valence-electron chi connectivity index (χ3n) is 2.73. The van der Waals surface area contributed by atoms with E-state index in [4.69, 9.17) is 0 Å². The van der Waals surface area contributed by atoms with Crippen molar-refractivity contribution >= 4 is 5.82 Å². The first-order valence-electron chi connectivity index (χ1n) is 6.03. The Bertz CT molecular complexity index is 347. The molecule has 1 fully saturated rings. The van der Waals surface area contributed by atoms with E-state index in [1.807, 2.05) is 13.8 Å². The highest BCUT2D eigenvalue weighted by Crippen LogP contribution is 2.18. The quantitative estimate of drug-likeness (QED) is 0.716. The van der Waals surface area contributed by atoms with Gasteiger partial charge in [0.15, 0.2) is 0 Å². The molecule has 0 saturated heterocycles. The van der Waals surface area contributed by atoms with Gasteiger partial charge < -0.3 is 10.6 Å². The van der Waals surface area contributed by atoms with Crippen LogP contribution in [0.3, 0.4) is 0 Å². The number of anilines is 1. The summed E-state index contributed by atoms with van der Waals surface area (Å²) in [5, 5.41) is 6.83. The van der Waals surface area contributed by atoms with Crippen LogP contribution in [0, 0.1) is 13.8 Å². The van der Waals surface area contributed by atoms with Crippen molar-refractivity contribution in [3.8, 4) is 0 Å². The average molecular weight is 220 g/mol. The van der Waals surface area contributed by atoms with Crippen LogP contribution in [0.5, 0.6) is 0 Å². The van der Waals surface area contributed by atoms with Gasteiger partial charge in [-0.1, -0.05) is 0 Å². The number of hydrogen-bond donors (Lipinski definition) is 2. The zero-order valence-corrected chi connectivity index (χ0v) is 10.1. The van der Waals surface area contributed by atoms with E-state index in [2.05, 4.69) is 20.6 Å². The molecule has 88 valence electrons. The maximum atomic E-state index is 4.42. The molecule has 0 amide bonds. The first-order valence-corrected chi connectivity index (χ1v) is 6.03. The molecule has 1 heterocycles. The van der Waals surface area contributed by atoms with Crippen LogP contribution in [0.15, 0.2) is 6.20 Å². The maximum Gasteiger partial charge on any atom is 0.147 e. The van der Waals surface area contributed by atoms with Gasteiger partial charge in [-0.05, 0) is 39.7 Å². The van der Waals surface area contributed by atoms with Crippen molar-refractivity contribution in [3.63, 3.8) is 0 Å². The molecule has 1 saturated carbocycles. The molecule has 0 spiro atoms. The van der Waals surface area contributed by atoms with Gasteiger partial charge >= 0.3 is 0 Å². The van der Waals surface area contributed by atoms with Crippen molar-refractivity contribution in [2.45, 2.75) is 39.2 Å². The Morgan fingerprint density at radius 2 is 2.12 bits per heavy atom. The van der Waals surface area contributed by atoms with Gasteiger partial charge in [0.25, 0.3) is 0 Å². The van der Waals surface area contributed by atoms with Gasteiger partial charge in [-0.3, -0.25) is 4.98 Å². The zero-order valence-electron chi connectivity index (χ0n) is 10.1. The molecule has 0 radical (unpaired) electrons. The largest absolute Gasteiger partial charge is 0.369 e. The number of aryl methyl sites for hydroxylation is 2. The highest BCUT2D eigenvalue weighted by molar-refractivity contribution is 5.39. The molecule has 2 N–H and O–H groups in total. The minimum Gasteiger partial charge on any atom is -0.369 e. The van der Waals surface area contributed by atoms with E-state index in [1.165, 1.54) is 12.8 Å². The predicted molar refractivity (Wildman–Crippen MR) is 65.6 cm³/mol. The van der Waals surface area contributed by atoms with Crippen LogP contribution in [0.4, 0.5) is 5.82 Å². The number of aromatic nitrogens is 2. The molecule has 1 aliphatic carbocycles. The minimum atomic E-state index is 0.806. The van der Waals surface area contributed by atoms with Gasteiger partial charge in [0.1, 0.15) is 5.82 Å². The summed E-state index contributed by atoms with van der Waals surface area (Å²) in [5.74, 6) is 0.923. The Balaban J connectivity index is 1.69. The first kappa shape index (κ1) is 11.3. The molecular weight excluding hydrogens is 200 g/mol. The van der Waals surface area contributed by atoms with Gasteiger partial charge in [-0.15, -0.1) is 0 Å². The second-order valence-corrected chi connectivity index (χ2v) is 4.45. The lowest BCUT2D eigenvalue weighted by Crippen LogP contribution is -2.20. The normalized spacial score (nSPS) is 15.1. The Morgan fingerprint density at radius 3 is 2.88 bits per heavy atom. The molecule has 16 heavy (non-hydrogen) atoms. The molecule has 0 aromatic carbocycles. The van der Waals surface area contributed by atoms with E-state index in [-0.39, 0.29) is 0 Å². The molecule has 0 atom stereocenters. The number of nitrogens with zero attached hydrogens (tertiary/aromatic N) is 2. The second kappa shape index (κ2) is 5.25. The molecule has 1 aromatic rings. The van der Waals surface area contributed by atoms with E-state index in [0.29, 0.717) is 0 Å². The van der Waals surface area contributed by atoms with Crippen LogP contribution in [0.1, 0.15) is 30.7 Å². The van der Waals surface area contributed by atoms with Crippen LogP contribution < -0.4 is 10.6 Å². The van der Waals surface area contributed by atoms with Crippen molar-refractivity contribution in [3.05, 3.63) is 17.6 Å². The van der Waals surface area contributed by atoms with Crippen molar-refractivity contribution < 1.29 is 0 Å². The van der Waals surface area contributed by atoms with Crippen LogP contribution in [-0.4, -0.2) is 29.1 Å². The van der Waals surface area contributed by atoms with E-state index in [9.17, 15) is 0 Å². The average Bonchev–Trinajstić information content (AvgIpc) is 3.06. The highest BCUT2D eigenvalue weighted by atomic mass is 15.0. The van der Waals surface area contributed by atoms with Crippen molar-refractivity contribution in [1.29, 1.82) is 0 Å². The molecule has 4 nitrogen and oxygen atoms in total. The lowest BCUT2D eigenvalue weighted by Gasteiger charge is -2.08. The smallest absolute Gasteiger partial charge is 0.147 e. The molecule has 2 rings (SSSR count). The van der Waals surface area contributed by atoms with Crippen LogP contribution in [0.25, 0.3) is 0 Å². The minimum absolute atomic E-state index is 0.806. The first-order chi connectivity index (χ1) is 7.75. The molecule has 1 aliphatic rings. The van der Waals surface area contributed by atoms with Crippen LogP contribution in [0.2, 0.25) is 0 Å². The Hall–Kier alpha value is -1.16. The summed E-state index contributed by atoms with van der Waals surface area (Å²) in [6.07, 6.45) is 5.65. The third kappa shape index (κ3) is 3.45. The summed E-state index contributed by atoms with van der Waals surface area (Å²) in [6, 6.07) is 0.806. The topological polar surface area (TPSA) is 49.8 Å². The van der Waals surface area contributed by atoms with Crippen molar-refractivity contribution in [1.82, 2.24) is 15.3 Å². The fraction of sp³-hybridized carbons (Fsp3) is 0.667. The van der Waals surface area contributed by atoms with E-state index >= 15 is 0 Å². The SMILES string of the molecule is Cc1cnc(C)c(NCCCNC2CC2)n1. The molecule has 4 heteroatoms. The summed E-state index contributed by atoms with van der Waals surface area (Å²) in [5.41, 5.74) is 1.94. The van der Waals surface area contributed by atoms with Gasteiger partial charge in [0.05, 0.1) is 11.4 Å². The number of nitrogens with one attached hydrogen (secondary N) is 2. The third-order valence-corrected chi connectivity index (χ3v) is 2.73. The Morgan fingerprint density at radius 1 is 1.31 bits per heavy atom. The van der Waals surface area contributed by atoms with E-state index < -0.39 is 0 Å². The second-order valence-electron chi connectivity index (χ2n) is 4.45. The van der Waals surface area contributed by atoms with Gasteiger partial charge in [-0.25, -0.2) is 4.98 Å². The van der Waals surface area contributed by atoms with E-state index in [0.717, 1.165) is 42.8 Å². The molecule has 0 unspecified atom stereocenters. The highest BCUT2D eigenvalue weighted by Gasteiger charge is 2.19. The summed E-state index contributed by atoms with van der Waals surface area (Å²) in [4.78, 5) is 8.70. The van der Waals surface area contributed by atoms with Crippen LogP contribution >= 0.6 is 0 Å². The van der Waals surface area contributed by atoms with Crippen molar-refractivity contribution in [2.75, 3.05) is 18.4 Å². The molecule has 0 aliphatic heterocycles. The summed E-state index contributed by atoms with van der Waals surface area (Å²) < 4.78 is 0. The fourth-order valence-corrected chi connectivity index (χ4v) is 1.59. The standard InChI is InChI=1S/C12H20N4/c1-9-8-15-10(2)12(16-9)14-7-3-6-13-11-4-5-11/h8,11,13H,3-7H2,1-2H3,(H,14,16). The van der Waals surface area contributed by atoms with Crippen LogP contribution in [-0.2, 0) is 0 Å². The van der Waals surface area contributed by atoms with Gasteiger partial charge in [-0.2, -0.15) is 0 Å². The Kier molecular flexibility index (Phi) is 3.72. The summed E-state index contributed by atoms with van der Waals surface area (Å²) in [6.45, 7) is 6.00.